The number of carboxylic acid groups (broad SMARTS) is 2. The minimum Gasteiger partial charge on any atom is -0.480 e. The molecule has 0 aromatic carbocycles. The van der Waals surface area contributed by atoms with Gasteiger partial charge in [-0.25, -0.2) is 9.59 Å². The van der Waals surface area contributed by atoms with E-state index in [1.54, 1.807) is 0 Å². The van der Waals surface area contributed by atoms with Crippen LogP contribution in [0.3, 0.4) is 0 Å². The topological polar surface area (TPSA) is 133 Å². The normalized spacial score (nSPS) is 14.9. The van der Waals surface area contributed by atoms with E-state index >= 15 is 0 Å². The van der Waals surface area contributed by atoms with E-state index in [1.165, 1.54) is 13.8 Å². The SMILES string of the molecule is CC(=O)N[C@@H](CS/C(Cl)=C(Cl)/C(Cl)=C(\Cl)SC[C@H](NC(C)=O)C(=O)O)C(=O)O. The van der Waals surface area contributed by atoms with Crippen molar-refractivity contribution in [2.75, 3.05) is 11.5 Å². The highest BCUT2D eigenvalue weighted by Crippen LogP contribution is 2.38. The first-order valence-electron chi connectivity index (χ1n) is 7.23. The molecule has 0 fully saturated rings. The third kappa shape index (κ3) is 10.7. The predicted octanol–water partition coefficient (Wildman–Crippen LogP) is 2.92. The molecule has 0 unspecified atom stereocenters. The number of hydrogen-bond acceptors (Lipinski definition) is 6. The van der Waals surface area contributed by atoms with Crippen molar-refractivity contribution < 1.29 is 29.4 Å². The molecule has 0 aromatic rings. The maximum atomic E-state index is 11.1. The Labute approximate surface area is 189 Å². The summed E-state index contributed by atoms with van der Waals surface area (Å²) in [5.74, 6) is -3.80. The lowest BCUT2D eigenvalue weighted by atomic mass is 10.3. The van der Waals surface area contributed by atoms with Crippen molar-refractivity contribution in [3.8, 4) is 0 Å². The highest BCUT2D eigenvalue weighted by atomic mass is 35.5. The van der Waals surface area contributed by atoms with Gasteiger partial charge in [-0.3, -0.25) is 9.59 Å². The minimum atomic E-state index is -1.25. The van der Waals surface area contributed by atoms with E-state index in [0.717, 1.165) is 23.5 Å². The Morgan fingerprint density at radius 1 is 0.750 bits per heavy atom. The number of thioether (sulfide) groups is 2. The van der Waals surface area contributed by atoms with Crippen LogP contribution in [0.5, 0.6) is 0 Å². The minimum absolute atomic E-state index is 0.0707. The molecule has 14 heteroatoms. The van der Waals surface area contributed by atoms with Crippen molar-refractivity contribution in [3.63, 3.8) is 0 Å². The summed E-state index contributed by atoms with van der Waals surface area (Å²) in [7, 11) is 0. The van der Waals surface area contributed by atoms with Crippen LogP contribution in [0.4, 0.5) is 0 Å². The molecule has 0 aromatic heterocycles. The first-order chi connectivity index (χ1) is 12.9. The van der Waals surface area contributed by atoms with Gasteiger partial charge in [0, 0.05) is 25.4 Å². The number of allylic oxidation sites excluding steroid dienone is 2. The van der Waals surface area contributed by atoms with Gasteiger partial charge in [-0.1, -0.05) is 46.4 Å². The van der Waals surface area contributed by atoms with E-state index in [1.807, 2.05) is 0 Å². The summed E-state index contributed by atoms with van der Waals surface area (Å²) in [5.41, 5.74) is 0. The van der Waals surface area contributed by atoms with Gasteiger partial charge >= 0.3 is 11.9 Å². The van der Waals surface area contributed by atoms with Gasteiger partial charge in [0.2, 0.25) is 11.8 Å². The van der Waals surface area contributed by atoms with Crippen LogP contribution < -0.4 is 10.6 Å². The second-order valence-corrected chi connectivity index (χ2v) is 9.00. The van der Waals surface area contributed by atoms with E-state index < -0.39 is 35.8 Å². The van der Waals surface area contributed by atoms with Gasteiger partial charge in [-0.2, -0.15) is 0 Å². The van der Waals surface area contributed by atoms with E-state index in [-0.39, 0.29) is 30.3 Å². The van der Waals surface area contributed by atoms with Crippen LogP contribution in [0, 0.1) is 0 Å². The Kier molecular flexibility index (Phi) is 13.1. The van der Waals surface area contributed by atoms with Crippen LogP contribution in [0.15, 0.2) is 18.8 Å². The van der Waals surface area contributed by atoms with Gasteiger partial charge in [-0.15, -0.1) is 23.5 Å². The molecule has 0 aliphatic carbocycles. The average Bonchev–Trinajstić information content (AvgIpc) is 2.58. The largest absolute Gasteiger partial charge is 0.480 e. The van der Waals surface area contributed by atoms with Crippen molar-refractivity contribution in [1.29, 1.82) is 0 Å². The van der Waals surface area contributed by atoms with Crippen LogP contribution in [0.2, 0.25) is 0 Å². The molecule has 8 nitrogen and oxygen atoms in total. The number of aliphatic carboxylic acids is 2. The second-order valence-electron chi connectivity index (χ2n) is 4.98. The fourth-order valence-corrected chi connectivity index (χ4v) is 4.28. The van der Waals surface area contributed by atoms with Gasteiger partial charge in [-0.05, 0) is 0 Å². The lowest BCUT2D eigenvalue weighted by molar-refractivity contribution is -0.141. The molecule has 0 spiro atoms. The summed E-state index contributed by atoms with van der Waals surface area (Å²) >= 11 is 25.7. The fraction of sp³-hybridized carbons (Fsp3) is 0.429. The smallest absolute Gasteiger partial charge is 0.327 e. The Bertz CT molecular complexity index is 643. The third-order valence-corrected chi connectivity index (χ3v) is 6.86. The molecule has 2 amide bonds. The molecule has 0 aliphatic rings. The Morgan fingerprint density at radius 3 is 1.25 bits per heavy atom. The molecule has 28 heavy (non-hydrogen) atoms. The van der Waals surface area contributed by atoms with Crippen LogP contribution in [-0.4, -0.2) is 57.6 Å². The maximum absolute atomic E-state index is 11.1. The van der Waals surface area contributed by atoms with Crippen LogP contribution in [0.1, 0.15) is 13.8 Å². The van der Waals surface area contributed by atoms with Crippen molar-refractivity contribution in [3.05, 3.63) is 18.8 Å². The Hall–Kier alpha value is -0.780. The van der Waals surface area contributed by atoms with E-state index in [9.17, 15) is 19.2 Å². The molecule has 0 aliphatic heterocycles. The van der Waals surface area contributed by atoms with Gasteiger partial charge < -0.3 is 20.8 Å². The first-order valence-corrected chi connectivity index (χ1v) is 10.7. The van der Waals surface area contributed by atoms with Crippen molar-refractivity contribution in [2.45, 2.75) is 25.9 Å². The monoisotopic (exact) mass is 512 g/mol. The number of hydrogen-bond donors (Lipinski definition) is 4. The molecule has 0 bridgehead atoms. The Balaban J connectivity index is 5.11. The fourth-order valence-electron chi connectivity index (χ4n) is 1.45. The molecule has 158 valence electrons. The number of carbonyl (C=O) groups excluding carboxylic acids is 2. The molecule has 2 atom stereocenters. The summed E-state index contributed by atoms with van der Waals surface area (Å²) < 4.78 is -0.141. The van der Waals surface area contributed by atoms with Gasteiger partial charge in [0.05, 0.1) is 18.8 Å². The zero-order chi connectivity index (χ0) is 22.0. The van der Waals surface area contributed by atoms with E-state index in [2.05, 4.69) is 10.6 Å². The highest BCUT2D eigenvalue weighted by molar-refractivity contribution is 8.05. The van der Waals surface area contributed by atoms with Gasteiger partial charge in [0.25, 0.3) is 0 Å². The molecule has 4 N–H and O–H groups in total. The average molecular weight is 514 g/mol. The Morgan fingerprint density at radius 2 is 1.04 bits per heavy atom. The summed E-state index contributed by atoms with van der Waals surface area (Å²) in [5, 5.41) is 22.2. The maximum Gasteiger partial charge on any atom is 0.327 e. The molecule has 0 heterocycles. The molecular formula is C14H16Cl4N2O6S2. The molecule has 0 rings (SSSR count). The molecule has 0 saturated heterocycles. The van der Waals surface area contributed by atoms with Crippen molar-refractivity contribution in [1.82, 2.24) is 10.6 Å². The van der Waals surface area contributed by atoms with Crippen molar-refractivity contribution >= 4 is 93.7 Å². The van der Waals surface area contributed by atoms with E-state index in [4.69, 9.17) is 56.6 Å². The number of nitrogens with one attached hydrogen (secondary N) is 2. The lowest BCUT2D eigenvalue weighted by Gasteiger charge is -2.14. The number of amides is 2. The molecule has 0 radical (unpaired) electrons. The summed E-state index contributed by atoms with van der Waals surface area (Å²) in [6, 6.07) is -2.38. The number of halogens is 4. The first kappa shape index (κ1) is 27.2. The van der Waals surface area contributed by atoms with E-state index in [0.29, 0.717) is 0 Å². The zero-order valence-electron chi connectivity index (χ0n) is 14.4. The number of rotatable bonds is 11. The highest BCUT2D eigenvalue weighted by Gasteiger charge is 2.22. The van der Waals surface area contributed by atoms with Gasteiger partial charge in [0.1, 0.15) is 12.1 Å². The summed E-state index contributed by atoms with van der Waals surface area (Å²) in [6.07, 6.45) is 0. The lowest BCUT2D eigenvalue weighted by Crippen LogP contribution is -2.41. The van der Waals surface area contributed by atoms with Crippen molar-refractivity contribution in [2.24, 2.45) is 0 Å². The summed E-state index contributed by atoms with van der Waals surface area (Å²) in [6.45, 7) is 2.35. The molecular weight excluding hydrogens is 498 g/mol. The number of carbonyl (C=O) groups is 4. The number of carboxylic acids is 2. The van der Waals surface area contributed by atoms with Crippen LogP contribution >= 0.6 is 69.9 Å². The third-order valence-electron chi connectivity index (χ3n) is 2.64. The zero-order valence-corrected chi connectivity index (χ0v) is 19.1. The predicted molar refractivity (Wildman–Crippen MR) is 113 cm³/mol. The second kappa shape index (κ2) is 13.4. The van der Waals surface area contributed by atoms with Gasteiger partial charge in [0.15, 0.2) is 0 Å². The quantitative estimate of drug-likeness (QED) is 0.310. The van der Waals surface area contributed by atoms with Crippen LogP contribution in [-0.2, 0) is 19.2 Å². The summed E-state index contributed by atoms with van der Waals surface area (Å²) in [4.78, 5) is 44.2. The molecule has 0 saturated carbocycles. The standard InChI is InChI=1S/C14H16Cl4N2O6S2/c1-5(21)19-7(13(23)24)3-27-11(17)9(15)10(16)12(18)28-4-8(14(25)26)20-6(2)22/h7-8H,3-4H2,1-2H3,(H,19,21)(H,20,22)(H,23,24)(H,25,26)/b11-9-,12-10-/t7-,8-/m0/s1. The van der Waals surface area contributed by atoms with Crippen LogP contribution in [0.25, 0.3) is 0 Å².